The quantitative estimate of drug-likeness (QED) is 0.452. The number of anilines is 1. The van der Waals surface area contributed by atoms with Crippen molar-refractivity contribution in [1.29, 1.82) is 0 Å². The van der Waals surface area contributed by atoms with Crippen LogP contribution in [-0.4, -0.2) is 58.3 Å². The maximum absolute atomic E-state index is 14.8. The number of carbonyl (C=O) groups excluding carboxylic acids is 1. The molecule has 7 nitrogen and oxygen atoms in total. The van der Waals surface area contributed by atoms with E-state index in [-0.39, 0.29) is 11.7 Å². The second-order valence-corrected chi connectivity index (χ2v) is 11.6. The van der Waals surface area contributed by atoms with Gasteiger partial charge in [0.25, 0.3) is 0 Å². The highest BCUT2D eigenvalue weighted by atomic mass is 32.2. The van der Waals surface area contributed by atoms with Gasteiger partial charge < -0.3 is 15.0 Å². The molecule has 0 aromatic carbocycles. The maximum atomic E-state index is 14.8. The zero-order valence-corrected chi connectivity index (χ0v) is 22.0. The Bertz CT molecular complexity index is 1340. The summed E-state index contributed by atoms with van der Waals surface area (Å²) < 4.78 is 20.1. The minimum atomic E-state index is -0.297. The largest absolute Gasteiger partial charge is 0.481 e. The summed E-state index contributed by atoms with van der Waals surface area (Å²) in [6.07, 6.45) is 8.95. The molecule has 2 unspecified atom stereocenters. The van der Waals surface area contributed by atoms with Crippen LogP contribution >= 0.6 is 11.8 Å². The van der Waals surface area contributed by atoms with Crippen LogP contribution in [0.4, 0.5) is 10.2 Å². The van der Waals surface area contributed by atoms with Crippen LogP contribution in [0.3, 0.4) is 0 Å². The van der Waals surface area contributed by atoms with Crippen LogP contribution in [0.2, 0.25) is 0 Å². The van der Waals surface area contributed by atoms with Gasteiger partial charge in [-0.15, -0.1) is 11.8 Å². The Morgan fingerprint density at radius 3 is 3.05 bits per heavy atom. The molecule has 37 heavy (non-hydrogen) atoms. The lowest BCUT2D eigenvalue weighted by Crippen LogP contribution is -2.29. The molecule has 0 radical (unpaired) electrons. The van der Waals surface area contributed by atoms with Crippen molar-refractivity contribution in [3.05, 3.63) is 47.5 Å². The van der Waals surface area contributed by atoms with Gasteiger partial charge in [-0.25, -0.2) is 14.4 Å². The standard InChI is InChI=1S/C28H32FN5O2S/c1-36-25-9-7-22-26(33-25)20(21(29)14-30-22)10-13-34-15-18-4-2-11-28(18,17-34)12-3-5-19-6-8-23-27(31-19)32-24(35)16-37-23/h6-9,14,18H,2-5,10-13,15-17H2,1H3,(H,31,32,35). The molecule has 5 heterocycles. The molecular weight excluding hydrogens is 489 g/mol. The van der Waals surface area contributed by atoms with Crippen LogP contribution in [0.1, 0.15) is 43.4 Å². The molecular formula is C28H32FN5O2S. The Morgan fingerprint density at radius 2 is 2.16 bits per heavy atom. The first kappa shape index (κ1) is 24.6. The summed E-state index contributed by atoms with van der Waals surface area (Å²) in [4.78, 5) is 28.7. The van der Waals surface area contributed by atoms with Crippen LogP contribution in [-0.2, 0) is 17.6 Å². The average Bonchev–Trinajstić information content (AvgIpc) is 3.44. The van der Waals surface area contributed by atoms with Crippen LogP contribution in [0.25, 0.3) is 11.0 Å². The average molecular weight is 522 g/mol. The first-order chi connectivity index (χ1) is 18.0. The second kappa shape index (κ2) is 10.2. The number of methoxy groups -OCH3 is 1. The molecule has 2 aliphatic heterocycles. The fourth-order valence-corrected chi connectivity index (χ4v) is 7.32. The third kappa shape index (κ3) is 4.91. The minimum absolute atomic E-state index is 0.0236. The fourth-order valence-electron chi connectivity index (χ4n) is 6.57. The SMILES string of the molecule is COc1ccc2ncc(F)c(CCN3CC4CCCC4(CCCc4ccc5c(n4)NC(=O)CS5)C3)c2n1. The predicted octanol–water partition coefficient (Wildman–Crippen LogP) is 4.88. The van der Waals surface area contributed by atoms with Gasteiger partial charge in [-0.1, -0.05) is 6.42 Å². The van der Waals surface area contributed by atoms with Gasteiger partial charge >= 0.3 is 0 Å². The van der Waals surface area contributed by atoms with Crippen LogP contribution in [0.15, 0.2) is 35.4 Å². The molecule has 1 saturated carbocycles. The Kier molecular flexibility index (Phi) is 6.75. The van der Waals surface area contributed by atoms with E-state index in [9.17, 15) is 9.18 Å². The number of ether oxygens (including phenoxy) is 1. The summed E-state index contributed by atoms with van der Waals surface area (Å²) in [5.74, 6) is 2.08. The number of aromatic nitrogens is 3. The number of pyridine rings is 3. The summed E-state index contributed by atoms with van der Waals surface area (Å²) in [5, 5.41) is 2.90. The Morgan fingerprint density at radius 1 is 1.24 bits per heavy atom. The lowest BCUT2D eigenvalue weighted by molar-refractivity contribution is -0.113. The van der Waals surface area contributed by atoms with Gasteiger partial charge in [-0.05, 0) is 68.1 Å². The van der Waals surface area contributed by atoms with Crippen molar-refractivity contribution >= 4 is 34.5 Å². The second-order valence-electron chi connectivity index (χ2n) is 10.6. The number of carbonyl (C=O) groups is 1. The van der Waals surface area contributed by atoms with E-state index in [1.165, 1.54) is 31.9 Å². The van der Waals surface area contributed by atoms with Crippen LogP contribution < -0.4 is 10.1 Å². The number of halogens is 1. The van der Waals surface area contributed by atoms with Crippen LogP contribution in [0, 0.1) is 17.2 Å². The van der Waals surface area contributed by atoms with Gasteiger partial charge in [0, 0.05) is 37.0 Å². The molecule has 2 atom stereocenters. The summed E-state index contributed by atoms with van der Waals surface area (Å²) in [6, 6.07) is 7.79. The highest BCUT2D eigenvalue weighted by Gasteiger charge is 2.48. The normalized spacial score (nSPS) is 23.2. The molecule has 1 aliphatic carbocycles. The number of nitrogens with zero attached hydrogens (tertiary/aromatic N) is 4. The van der Waals surface area contributed by atoms with Gasteiger partial charge in [0.05, 0.1) is 35.0 Å². The van der Waals surface area contributed by atoms with Gasteiger partial charge in [0.15, 0.2) is 0 Å². The van der Waals surface area contributed by atoms with E-state index in [1.54, 1.807) is 24.9 Å². The van der Waals surface area contributed by atoms with Crippen molar-refractivity contribution in [3.63, 3.8) is 0 Å². The zero-order chi connectivity index (χ0) is 25.4. The van der Waals surface area contributed by atoms with Gasteiger partial charge in [-0.2, -0.15) is 0 Å². The Labute approximate surface area is 220 Å². The summed E-state index contributed by atoms with van der Waals surface area (Å²) in [7, 11) is 1.57. The molecule has 0 bridgehead atoms. The molecule has 3 aromatic rings. The molecule has 0 spiro atoms. The topological polar surface area (TPSA) is 80.2 Å². The van der Waals surface area contributed by atoms with Gasteiger partial charge in [0.1, 0.15) is 11.6 Å². The van der Waals surface area contributed by atoms with E-state index >= 15 is 0 Å². The molecule has 1 saturated heterocycles. The minimum Gasteiger partial charge on any atom is -0.481 e. The third-order valence-corrected chi connectivity index (χ3v) is 9.42. The zero-order valence-electron chi connectivity index (χ0n) is 21.1. The monoisotopic (exact) mass is 521 g/mol. The Hall–Kier alpha value is -2.78. The van der Waals surface area contributed by atoms with Gasteiger partial charge in [0.2, 0.25) is 11.8 Å². The van der Waals surface area contributed by atoms with E-state index in [2.05, 4.69) is 32.3 Å². The smallest absolute Gasteiger partial charge is 0.235 e. The predicted molar refractivity (Wildman–Crippen MR) is 142 cm³/mol. The molecule has 2 fully saturated rings. The number of fused-ring (bicyclic) bond motifs is 3. The molecule has 194 valence electrons. The van der Waals surface area contributed by atoms with Crippen LogP contribution in [0.5, 0.6) is 5.88 Å². The highest BCUT2D eigenvalue weighted by Crippen LogP contribution is 2.51. The van der Waals surface area contributed by atoms with E-state index in [0.717, 1.165) is 43.1 Å². The molecule has 3 aliphatic rings. The van der Waals surface area contributed by atoms with Crippen molar-refractivity contribution in [3.8, 4) is 5.88 Å². The number of nitrogens with one attached hydrogen (secondary N) is 1. The number of aryl methyl sites for hydroxylation is 1. The molecule has 1 amide bonds. The highest BCUT2D eigenvalue weighted by molar-refractivity contribution is 8.00. The fraction of sp³-hybridized carbons (Fsp3) is 0.500. The lowest BCUT2D eigenvalue weighted by atomic mass is 9.76. The number of rotatable bonds is 8. The summed E-state index contributed by atoms with van der Waals surface area (Å²) >= 11 is 1.55. The lowest BCUT2D eigenvalue weighted by Gasteiger charge is -2.29. The summed E-state index contributed by atoms with van der Waals surface area (Å²) in [6.45, 7) is 2.97. The van der Waals surface area contributed by atoms with Crippen molar-refractivity contribution in [1.82, 2.24) is 19.9 Å². The first-order valence-corrected chi connectivity index (χ1v) is 14.1. The number of hydrogen-bond donors (Lipinski definition) is 1. The van der Waals surface area contributed by atoms with Crippen molar-refractivity contribution < 1.29 is 13.9 Å². The number of thioether (sulfide) groups is 1. The van der Waals surface area contributed by atoms with Crippen molar-refractivity contribution in [2.45, 2.75) is 49.8 Å². The Balaban J connectivity index is 1.09. The molecule has 6 rings (SSSR count). The molecule has 1 N–H and O–H groups in total. The van der Waals surface area contributed by atoms with E-state index in [0.29, 0.717) is 51.8 Å². The molecule has 9 heteroatoms. The van der Waals surface area contributed by atoms with Crippen molar-refractivity contribution in [2.24, 2.45) is 11.3 Å². The van der Waals surface area contributed by atoms with Crippen molar-refractivity contribution in [2.75, 3.05) is 37.8 Å². The summed E-state index contributed by atoms with van der Waals surface area (Å²) in [5.41, 5.74) is 3.31. The number of hydrogen-bond acceptors (Lipinski definition) is 7. The van der Waals surface area contributed by atoms with E-state index < -0.39 is 0 Å². The number of amides is 1. The van der Waals surface area contributed by atoms with E-state index in [1.807, 2.05) is 6.07 Å². The number of likely N-dealkylation sites (tertiary alicyclic amines) is 1. The maximum Gasteiger partial charge on any atom is 0.235 e. The third-order valence-electron chi connectivity index (χ3n) is 8.38. The van der Waals surface area contributed by atoms with E-state index in [4.69, 9.17) is 9.72 Å². The molecule has 3 aromatic heterocycles. The first-order valence-electron chi connectivity index (χ1n) is 13.2. The van der Waals surface area contributed by atoms with Gasteiger partial charge in [-0.3, -0.25) is 9.78 Å².